The molecule has 1 aromatic rings. The van der Waals surface area contributed by atoms with Crippen molar-refractivity contribution < 1.29 is 9.90 Å². The topological polar surface area (TPSA) is 37.3 Å². The molecule has 0 saturated heterocycles. The van der Waals surface area contributed by atoms with Crippen molar-refractivity contribution in [2.75, 3.05) is 0 Å². The number of allylic oxidation sites excluding steroid dienone is 1. The first-order chi connectivity index (χ1) is 6.70. The average Bonchev–Trinajstić information content (AvgIpc) is 2.18. The molecule has 74 valence electrons. The molecule has 1 N–H and O–H groups in total. The third-order valence-electron chi connectivity index (χ3n) is 2.04. The van der Waals surface area contributed by atoms with Gasteiger partial charge >= 0.3 is 5.97 Å². The van der Waals surface area contributed by atoms with E-state index in [4.69, 9.17) is 5.11 Å². The summed E-state index contributed by atoms with van der Waals surface area (Å²) in [7, 11) is 0. The molecular weight excluding hydrogens is 176 g/mol. The number of carboxylic acids is 1. The predicted octanol–water partition coefficient (Wildman–Crippen LogP) is 2.82. The summed E-state index contributed by atoms with van der Waals surface area (Å²) in [6, 6.07) is 10.0. The van der Waals surface area contributed by atoms with E-state index >= 15 is 0 Å². The Bertz CT molecular complexity index is 314. The standard InChI is InChI=1S/C12H14O2/c1-10(6-5-9-12(13)14)11-7-3-2-4-8-11/h2-8,10H,9H2,1H3,(H,13,14)/b6-5+. The van der Waals surface area contributed by atoms with Crippen molar-refractivity contribution in [3.63, 3.8) is 0 Å². The van der Waals surface area contributed by atoms with Crippen molar-refractivity contribution in [3.05, 3.63) is 48.0 Å². The van der Waals surface area contributed by atoms with E-state index in [0.29, 0.717) is 0 Å². The summed E-state index contributed by atoms with van der Waals surface area (Å²) in [5.74, 6) is -0.517. The zero-order valence-electron chi connectivity index (χ0n) is 8.18. The highest BCUT2D eigenvalue weighted by molar-refractivity contribution is 5.68. The van der Waals surface area contributed by atoms with E-state index in [-0.39, 0.29) is 12.3 Å². The maximum atomic E-state index is 10.3. The number of hydrogen-bond acceptors (Lipinski definition) is 1. The molecule has 0 heterocycles. The summed E-state index contributed by atoms with van der Waals surface area (Å²) in [6.07, 6.45) is 3.71. The summed E-state index contributed by atoms with van der Waals surface area (Å²) in [5.41, 5.74) is 1.20. The van der Waals surface area contributed by atoms with Crippen LogP contribution in [0.1, 0.15) is 24.8 Å². The van der Waals surface area contributed by atoms with Gasteiger partial charge in [0.25, 0.3) is 0 Å². The number of rotatable bonds is 4. The van der Waals surface area contributed by atoms with E-state index < -0.39 is 5.97 Å². The van der Waals surface area contributed by atoms with Gasteiger partial charge in [0.05, 0.1) is 6.42 Å². The summed E-state index contributed by atoms with van der Waals surface area (Å²) in [5, 5.41) is 8.45. The van der Waals surface area contributed by atoms with E-state index in [9.17, 15) is 4.79 Å². The number of hydrogen-bond donors (Lipinski definition) is 1. The molecule has 0 aliphatic heterocycles. The molecule has 0 aliphatic rings. The van der Waals surface area contributed by atoms with Crippen LogP contribution in [-0.2, 0) is 4.79 Å². The first kappa shape index (κ1) is 10.5. The Morgan fingerprint density at radius 1 is 1.43 bits per heavy atom. The van der Waals surface area contributed by atoms with Crippen LogP contribution in [0.25, 0.3) is 0 Å². The number of carbonyl (C=O) groups is 1. The molecular formula is C12H14O2. The fraction of sp³-hybridized carbons (Fsp3) is 0.250. The second-order valence-corrected chi connectivity index (χ2v) is 3.23. The molecule has 1 rings (SSSR count). The van der Waals surface area contributed by atoms with Crippen molar-refractivity contribution in [1.82, 2.24) is 0 Å². The van der Waals surface area contributed by atoms with Crippen molar-refractivity contribution in [3.8, 4) is 0 Å². The first-order valence-electron chi connectivity index (χ1n) is 4.63. The minimum atomic E-state index is -0.790. The van der Waals surface area contributed by atoms with Crippen molar-refractivity contribution in [2.24, 2.45) is 0 Å². The molecule has 0 fully saturated rings. The number of aliphatic carboxylic acids is 1. The summed E-state index contributed by atoms with van der Waals surface area (Å²) < 4.78 is 0. The van der Waals surface area contributed by atoms with Crippen LogP contribution in [0.3, 0.4) is 0 Å². The normalized spacial score (nSPS) is 12.9. The van der Waals surface area contributed by atoms with Crippen molar-refractivity contribution in [2.45, 2.75) is 19.3 Å². The van der Waals surface area contributed by atoms with Crippen LogP contribution in [0.4, 0.5) is 0 Å². The minimum Gasteiger partial charge on any atom is -0.481 e. The Kier molecular flexibility index (Phi) is 3.92. The molecule has 0 radical (unpaired) electrons. The minimum absolute atomic E-state index is 0.0944. The van der Waals surface area contributed by atoms with Gasteiger partial charge in [-0.15, -0.1) is 0 Å². The van der Waals surface area contributed by atoms with Gasteiger partial charge in [0.2, 0.25) is 0 Å². The fourth-order valence-electron chi connectivity index (χ4n) is 1.24. The zero-order chi connectivity index (χ0) is 10.4. The largest absolute Gasteiger partial charge is 0.481 e. The van der Waals surface area contributed by atoms with Gasteiger partial charge in [-0.05, 0) is 11.5 Å². The number of benzene rings is 1. The SMILES string of the molecule is CC(/C=C/CC(=O)O)c1ccccc1. The molecule has 0 amide bonds. The van der Waals surface area contributed by atoms with Crippen LogP contribution in [0.5, 0.6) is 0 Å². The van der Waals surface area contributed by atoms with E-state index in [0.717, 1.165) is 0 Å². The lowest BCUT2D eigenvalue weighted by Gasteiger charge is -2.05. The molecule has 0 spiro atoms. The molecule has 2 nitrogen and oxygen atoms in total. The molecule has 1 unspecified atom stereocenters. The van der Waals surface area contributed by atoms with Crippen LogP contribution >= 0.6 is 0 Å². The summed E-state index contributed by atoms with van der Waals surface area (Å²) in [4.78, 5) is 10.3. The van der Waals surface area contributed by atoms with Gasteiger partial charge in [0.15, 0.2) is 0 Å². The predicted molar refractivity (Wildman–Crippen MR) is 56.2 cm³/mol. The molecule has 0 aromatic heterocycles. The van der Waals surface area contributed by atoms with Crippen LogP contribution < -0.4 is 0 Å². The van der Waals surface area contributed by atoms with Gasteiger partial charge in [0.1, 0.15) is 0 Å². The van der Waals surface area contributed by atoms with E-state index in [1.165, 1.54) is 5.56 Å². The lowest BCUT2D eigenvalue weighted by atomic mass is 10.0. The van der Waals surface area contributed by atoms with Crippen LogP contribution in [0.2, 0.25) is 0 Å². The van der Waals surface area contributed by atoms with E-state index in [2.05, 4.69) is 0 Å². The zero-order valence-corrected chi connectivity index (χ0v) is 8.18. The lowest BCUT2D eigenvalue weighted by Crippen LogP contribution is -1.92. The Labute approximate surface area is 83.9 Å². The van der Waals surface area contributed by atoms with E-state index in [1.807, 2.05) is 43.3 Å². The smallest absolute Gasteiger partial charge is 0.307 e. The second-order valence-electron chi connectivity index (χ2n) is 3.23. The Hall–Kier alpha value is -1.57. The van der Waals surface area contributed by atoms with Gasteiger partial charge in [0, 0.05) is 0 Å². The van der Waals surface area contributed by atoms with Gasteiger partial charge in [-0.3, -0.25) is 4.79 Å². The van der Waals surface area contributed by atoms with Crippen molar-refractivity contribution >= 4 is 5.97 Å². The lowest BCUT2D eigenvalue weighted by molar-refractivity contribution is -0.136. The maximum absolute atomic E-state index is 10.3. The molecule has 14 heavy (non-hydrogen) atoms. The highest BCUT2D eigenvalue weighted by Gasteiger charge is 1.99. The summed E-state index contributed by atoms with van der Waals surface area (Å²) >= 11 is 0. The molecule has 1 atom stereocenters. The average molecular weight is 190 g/mol. The Morgan fingerprint density at radius 2 is 2.07 bits per heavy atom. The molecule has 2 heteroatoms. The molecule has 1 aromatic carbocycles. The Morgan fingerprint density at radius 3 is 2.64 bits per heavy atom. The quantitative estimate of drug-likeness (QED) is 0.741. The van der Waals surface area contributed by atoms with Gasteiger partial charge in [-0.25, -0.2) is 0 Å². The molecule has 0 bridgehead atoms. The molecule has 0 saturated carbocycles. The second kappa shape index (κ2) is 5.22. The Balaban J connectivity index is 2.54. The monoisotopic (exact) mass is 190 g/mol. The van der Waals surface area contributed by atoms with Gasteiger partial charge in [-0.1, -0.05) is 49.4 Å². The van der Waals surface area contributed by atoms with Crippen LogP contribution in [0.15, 0.2) is 42.5 Å². The first-order valence-corrected chi connectivity index (χ1v) is 4.63. The van der Waals surface area contributed by atoms with Gasteiger partial charge in [-0.2, -0.15) is 0 Å². The third kappa shape index (κ3) is 3.44. The molecule has 0 aliphatic carbocycles. The summed E-state index contributed by atoms with van der Waals surface area (Å²) in [6.45, 7) is 2.05. The van der Waals surface area contributed by atoms with E-state index in [1.54, 1.807) is 6.08 Å². The third-order valence-corrected chi connectivity index (χ3v) is 2.04. The van der Waals surface area contributed by atoms with Gasteiger partial charge < -0.3 is 5.11 Å². The van der Waals surface area contributed by atoms with Crippen molar-refractivity contribution in [1.29, 1.82) is 0 Å². The maximum Gasteiger partial charge on any atom is 0.307 e. The highest BCUT2D eigenvalue weighted by Crippen LogP contribution is 2.15. The highest BCUT2D eigenvalue weighted by atomic mass is 16.4. The van der Waals surface area contributed by atoms with Crippen LogP contribution in [-0.4, -0.2) is 11.1 Å². The fourth-order valence-corrected chi connectivity index (χ4v) is 1.24. The van der Waals surface area contributed by atoms with Crippen LogP contribution in [0, 0.1) is 0 Å². The number of carboxylic acid groups (broad SMARTS) is 1.